The summed E-state index contributed by atoms with van der Waals surface area (Å²) in [6.45, 7) is 1.49. The number of para-hydroxylation sites is 1. The zero-order valence-electron chi connectivity index (χ0n) is 9.04. The lowest BCUT2D eigenvalue weighted by Gasteiger charge is -2.15. The van der Waals surface area contributed by atoms with Crippen LogP contribution in [0.4, 0.5) is 5.69 Å². The monoisotopic (exact) mass is 215 g/mol. The summed E-state index contributed by atoms with van der Waals surface area (Å²) in [6, 6.07) is 9.29. The Morgan fingerprint density at radius 2 is 1.81 bits per heavy atom. The molecule has 16 heavy (non-hydrogen) atoms. The lowest BCUT2D eigenvalue weighted by atomic mass is 10.3. The molecule has 0 aliphatic carbocycles. The van der Waals surface area contributed by atoms with Crippen molar-refractivity contribution in [3.05, 3.63) is 54.8 Å². The lowest BCUT2D eigenvalue weighted by Crippen LogP contribution is -2.21. The van der Waals surface area contributed by atoms with Gasteiger partial charge in [0.2, 0.25) is 5.91 Å². The van der Waals surface area contributed by atoms with Gasteiger partial charge in [-0.2, -0.15) is 0 Å². The number of anilines is 1. The average Bonchev–Trinajstić information content (AvgIpc) is 2.30. The van der Waals surface area contributed by atoms with Crippen molar-refractivity contribution >= 4 is 17.9 Å². The summed E-state index contributed by atoms with van der Waals surface area (Å²) in [4.78, 5) is 23.0. The fourth-order valence-corrected chi connectivity index (χ4v) is 1.21. The molecule has 0 aliphatic rings. The van der Waals surface area contributed by atoms with Gasteiger partial charge in [-0.15, -0.1) is 0 Å². The zero-order valence-corrected chi connectivity index (χ0v) is 9.04. The zero-order chi connectivity index (χ0) is 11.8. The smallest absolute Gasteiger partial charge is 0.227 e. The van der Waals surface area contributed by atoms with Crippen molar-refractivity contribution < 1.29 is 9.59 Å². The van der Waals surface area contributed by atoms with Crippen LogP contribution in [-0.4, -0.2) is 12.2 Å². The molecule has 0 bridgehead atoms. The average molecular weight is 215 g/mol. The molecule has 1 rings (SSSR count). The first-order valence-electron chi connectivity index (χ1n) is 4.89. The molecule has 3 nitrogen and oxygen atoms in total. The van der Waals surface area contributed by atoms with Crippen LogP contribution < -0.4 is 4.90 Å². The molecule has 0 aliphatic heterocycles. The van der Waals surface area contributed by atoms with Gasteiger partial charge in [0.25, 0.3) is 0 Å². The van der Waals surface area contributed by atoms with Crippen molar-refractivity contribution in [2.24, 2.45) is 0 Å². The van der Waals surface area contributed by atoms with Crippen molar-refractivity contribution in [3.8, 4) is 0 Å². The Morgan fingerprint density at radius 1 is 1.12 bits per heavy atom. The number of nitrogens with zero attached hydrogens (tertiary/aromatic N) is 1. The fourth-order valence-electron chi connectivity index (χ4n) is 1.21. The van der Waals surface area contributed by atoms with Crippen LogP contribution in [-0.2, 0) is 9.59 Å². The standard InChI is InChI=1S/C13H13NO2/c1-12(16)14(10-6-3-7-11-15)13-8-4-2-5-9-13/h2-11H,1H3. The van der Waals surface area contributed by atoms with Crippen molar-refractivity contribution in [2.45, 2.75) is 6.92 Å². The molecule has 0 saturated heterocycles. The van der Waals surface area contributed by atoms with E-state index in [0.717, 1.165) is 5.69 Å². The Labute approximate surface area is 94.7 Å². The van der Waals surface area contributed by atoms with Crippen LogP contribution in [0.15, 0.2) is 54.8 Å². The number of amides is 1. The van der Waals surface area contributed by atoms with Crippen LogP contribution >= 0.6 is 0 Å². The van der Waals surface area contributed by atoms with Gasteiger partial charge in [0.1, 0.15) is 6.29 Å². The second-order valence-electron chi connectivity index (χ2n) is 3.09. The van der Waals surface area contributed by atoms with E-state index in [1.54, 1.807) is 18.4 Å². The SMILES string of the molecule is CC(=O)N(C=CC=CC=O)c1ccccc1. The highest BCUT2D eigenvalue weighted by atomic mass is 16.2. The molecule has 0 atom stereocenters. The minimum atomic E-state index is -0.0815. The second-order valence-corrected chi connectivity index (χ2v) is 3.09. The molecule has 1 amide bonds. The van der Waals surface area contributed by atoms with E-state index < -0.39 is 0 Å². The summed E-state index contributed by atoms with van der Waals surface area (Å²) in [7, 11) is 0. The highest BCUT2D eigenvalue weighted by Gasteiger charge is 2.05. The largest absolute Gasteiger partial charge is 0.299 e. The summed E-state index contributed by atoms with van der Waals surface area (Å²) in [5.74, 6) is -0.0815. The van der Waals surface area contributed by atoms with Gasteiger partial charge in [0.05, 0.1) is 0 Å². The predicted octanol–water partition coefficient (Wildman–Crippen LogP) is 2.31. The lowest BCUT2D eigenvalue weighted by molar-refractivity contribution is -0.116. The Kier molecular flexibility index (Phi) is 4.73. The van der Waals surface area contributed by atoms with Crippen LogP contribution in [0, 0.1) is 0 Å². The third-order valence-electron chi connectivity index (χ3n) is 1.91. The molecule has 0 saturated carbocycles. The summed E-state index contributed by atoms with van der Waals surface area (Å²) < 4.78 is 0. The molecule has 0 radical (unpaired) electrons. The van der Waals surface area contributed by atoms with Gasteiger partial charge in [-0.25, -0.2) is 0 Å². The van der Waals surface area contributed by atoms with E-state index in [4.69, 9.17) is 0 Å². The van der Waals surface area contributed by atoms with Crippen molar-refractivity contribution in [2.75, 3.05) is 4.90 Å². The van der Waals surface area contributed by atoms with E-state index in [-0.39, 0.29) is 5.91 Å². The highest BCUT2D eigenvalue weighted by Crippen LogP contribution is 2.13. The maximum absolute atomic E-state index is 11.4. The van der Waals surface area contributed by atoms with Crippen LogP contribution in [0.3, 0.4) is 0 Å². The van der Waals surface area contributed by atoms with Gasteiger partial charge in [-0.3, -0.25) is 14.5 Å². The first-order valence-corrected chi connectivity index (χ1v) is 4.89. The first-order chi connectivity index (χ1) is 7.75. The number of allylic oxidation sites excluding steroid dienone is 3. The van der Waals surface area contributed by atoms with Crippen molar-refractivity contribution in [3.63, 3.8) is 0 Å². The normalized spacial score (nSPS) is 10.8. The topological polar surface area (TPSA) is 37.4 Å². The quantitative estimate of drug-likeness (QED) is 0.439. The number of hydrogen-bond donors (Lipinski definition) is 0. The summed E-state index contributed by atoms with van der Waals surface area (Å²) in [5, 5.41) is 0. The van der Waals surface area contributed by atoms with Gasteiger partial charge in [0, 0.05) is 18.8 Å². The molecule has 0 N–H and O–H groups in total. The van der Waals surface area contributed by atoms with E-state index >= 15 is 0 Å². The third kappa shape index (κ3) is 3.53. The fraction of sp³-hybridized carbons (Fsp3) is 0.0769. The number of carbonyl (C=O) groups excluding carboxylic acids is 2. The maximum atomic E-state index is 11.4. The molecule has 82 valence electrons. The summed E-state index contributed by atoms with van der Waals surface area (Å²) >= 11 is 0. The number of carbonyl (C=O) groups is 2. The van der Waals surface area contributed by atoms with E-state index in [1.165, 1.54) is 17.9 Å². The Bertz CT molecular complexity index is 407. The molecular formula is C13H13NO2. The number of aldehydes is 1. The van der Waals surface area contributed by atoms with Crippen molar-refractivity contribution in [1.82, 2.24) is 0 Å². The molecular weight excluding hydrogens is 202 g/mol. The maximum Gasteiger partial charge on any atom is 0.227 e. The Hall–Kier alpha value is -2.16. The van der Waals surface area contributed by atoms with Crippen LogP contribution in [0.2, 0.25) is 0 Å². The number of hydrogen-bond acceptors (Lipinski definition) is 2. The third-order valence-corrected chi connectivity index (χ3v) is 1.91. The van der Waals surface area contributed by atoms with Crippen molar-refractivity contribution in [1.29, 1.82) is 0 Å². The van der Waals surface area contributed by atoms with Crippen LogP contribution in [0.5, 0.6) is 0 Å². The minimum absolute atomic E-state index is 0.0815. The molecule has 1 aromatic carbocycles. The van der Waals surface area contributed by atoms with Crippen LogP contribution in [0.1, 0.15) is 6.92 Å². The van der Waals surface area contributed by atoms with E-state index in [1.807, 2.05) is 30.3 Å². The Balaban J connectivity index is 2.84. The van der Waals surface area contributed by atoms with E-state index in [9.17, 15) is 9.59 Å². The minimum Gasteiger partial charge on any atom is -0.299 e. The molecule has 0 heterocycles. The molecule has 0 spiro atoms. The number of rotatable bonds is 4. The molecule has 0 unspecified atom stereocenters. The first kappa shape index (κ1) is 11.9. The number of benzene rings is 1. The second kappa shape index (κ2) is 6.35. The highest BCUT2D eigenvalue weighted by molar-refractivity contribution is 5.93. The Morgan fingerprint density at radius 3 is 2.38 bits per heavy atom. The van der Waals surface area contributed by atoms with Gasteiger partial charge in [0.15, 0.2) is 0 Å². The van der Waals surface area contributed by atoms with E-state index in [2.05, 4.69) is 0 Å². The van der Waals surface area contributed by atoms with Gasteiger partial charge in [-0.05, 0) is 24.3 Å². The van der Waals surface area contributed by atoms with Gasteiger partial charge < -0.3 is 0 Å². The van der Waals surface area contributed by atoms with Crippen LogP contribution in [0.25, 0.3) is 0 Å². The molecule has 3 heteroatoms. The molecule has 0 aromatic heterocycles. The van der Waals surface area contributed by atoms with E-state index in [0.29, 0.717) is 6.29 Å². The summed E-state index contributed by atoms with van der Waals surface area (Å²) in [6.07, 6.45) is 6.89. The molecule has 0 fully saturated rings. The predicted molar refractivity (Wildman–Crippen MR) is 63.9 cm³/mol. The molecule has 1 aromatic rings. The summed E-state index contributed by atoms with van der Waals surface area (Å²) in [5.41, 5.74) is 0.797. The van der Waals surface area contributed by atoms with Gasteiger partial charge >= 0.3 is 0 Å². The van der Waals surface area contributed by atoms with Gasteiger partial charge in [-0.1, -0.05) is 24.3 Å².